The van der Waals surface area contributed by atoms with E-state index in [1.165, 1.54) is 12.1 Å². The number of ether oxygens (including phenoxy) is 1. The molecule has 1 aromatic carbocycles. The van der Waals surface area contributed by atoms with Crippen LogP contribution in [-0.2, 0) is 0 Å². The topological polar surface area (TPSA) is 64.4 Å². The second kappa shape index (κ2) is 6.50. The first kappa shape index (κ1) is 13.8. The number of nitrogens with zero attached hydrogens (tertiary/aromatic N) is 1. The minimum Gasteiger partial charge on any atom is -0.491 e. The molecule has 1 rings (SSSR count). The van der Waals surface area contributed by atoms with Gasteiger partial charge in [-0.2, -0.15) is 0 Å². The molecule has 96 valence electrons. The first-order chi connectivity index (χ1) is 8.52. The lowest BCUT2D eigenvalue weighted by Crippen LogP contribution is -2.07. The lowest BCUT2D eigenvalue weighted by atomic mass is 10.2. The maximum absolute atomic E-state index is 10.8. The number of hydrogen-bond acceptors (Lipinski definition) is 4. The van der Waals surface area contributed by atoms with Crippen LogP contribution < -0.4 is 10.1 Å². The summed E-state index contributed by atoms with van der Waals surface area (Å²) in [6.07, 6.45) is 5.67. The molecular formula is C13H16N2O3. The minimum atomic E-state index is -0.445. The van der Waals surface area contributed by atoms with Crippen molar-refractivity contribution in [3.63, 3.8) is 0 Å². The molecule has 5 heteroatoms. The van der Waals surface area contributed by atoms with Crippen molar-refractivity contribution >= 4 is 11.4 Å². The zero-order chi connectivity index (χ0) is 13.5. The number of non-ortho nitro benzene ring substituents is 1. The Morgan fingerprint density at radius 1 is 1.50 bits per heavy atom. The predicted molar refractivity (Wildman–Crippen MR) is 70.8 cm³/mol. The molecule has 0 aliphatic rings. The van der Waals surface area contributed by atoms with E-state index in [1.807, 2.05) is 13.8 Å². The monoisotopic (exact) mass is 248 g/mol. The fourth-order valence-corrected chi connectivity index (χ4v) is 1.41. The zero-order valence-corrected chi connectivity index (χ0v) is 10.5. The summed E-state index contributed by atoms with van der Waals surface area (Å²) in [6, 6.07) is 4.60. The Bertz CT molecular complexity index is 464. The molecule has 0 aliphatic heterocycles. The van der Waals surface area contributed by atoms with Crippen molar-refractivity contribution in [3.8, 4) is 18.1 Å². The van der Waals surface area contributed by atoms with Gasteiger partial charge in [-0.3, -0.25) is 10.1 Å². The number of benzene rings is 1. The Balaban J connectivity index is 2.91. The third-order valence-electron chi connectivity index (χ3n) is 2.07. The van der Waals surface area contributed by atoms with Gasteiger partial charge in [0.25, 0.3) is 5.69 Å². The van der Waals surface area contributed by atoms with Crippen LogP contribution in [0.5, 0.6) is 5.75 Å². The molecule has 0 radical (unpaired) electrons. The zero-order valence-electron chi connectivity index (χ0n) is 10.5. The fourth-order valence-electron chi connectivity index (χ4n) is 1.41. The molecule has 0 atom stereocenters. The van der Waals surface area contributed by atoms with E-state index in [-0.39, 0.29) is 11.8 Å². The van der Waals surface area contributed by atoms with Gasteiger partial charge in [-0.05, 0) is 13.8 Å². The average Bonchev–Trinajstić information content (AvgIpc) is 2.28. The number of nitro groups is 1. The van der Waals surface area contributed by atoms with E-state index < -0.39 is 4.92 Å². The molecule has 0 aliphatic carbocycles. The summed E-state index contributed by atoms with van der Waals surface area (Å²) in [5.74, 6) is 2.97. The van der Waals surface area contributed by atoms with Crippen molar-refractivity contribution in [2.45, 2.75) is 26.4 Å². The SMILES string of the molecule is C#CCCNc1cc(OC(C)C)cc([N+](=O)[O-])c1. The molecule has 0 amide bonds. The summed E-state index contributed by atoms with van der Waals surface area (Å²) in [4.78, 5) is 10.4. The second-order valence-electron chi connectivity index (χ2n) is 4.02. The molecule has 0 saturated heterocycles. The van der Waals surface area contributed by atoms with Gasteiger partial charge in [0.15, 0.2) is 0 Å². The van der Waals surface area contributed by atoms with E-state index >= 15 is 0 Å². The summed E-state index contributed by atoms with van der Waals surface area (Å²) in [5.41, 5.74) is 0.631. The fraction of sp³-hybridized carbons (Fsp3) is 0.385. The van der Waals surface area contributed by atoms with E-state index in [1.54, 1.807) is 6.07 Å². The molecule has 0 unspecified atom stereocenters. The first-order valence-corrected chi connectivity index (χ1v) is 5.66. The Hall–Kier alpha value is -2.22. The minimum absolute atomic E-state index is 0.00337. The van der Waals surface area contributed by atoms with Crippen molar-refractivity contribution in [2.24, 2.45) is 0 Å². The van der Waals surface area contributed by atoms with Gasteiger partial charge in [-0.1, -0.05) is 0 Å². The number of rotatable bonds is 6. The van der Waals surface area contributed by atoms with Gasteiger partial charge < -0.3 is 10.1 Å². The highest BCUT2D eigenvalue weighted by Crippen LogP contribution is 2.26. The summed E-state index contributed by atoms with van der Waals surface area (Å²) in [7, 11) is 0. The molecule has 0 spiro atoms. The largest absolute Gasteiger partial charge is 0.491 e. The summed E-state index contributed by atoms with van der Waals surface area (Å²) < 4.78 is 5.47. The van der Waals surface area contributed by atoms with Crippen LogP contribution in [-0.4, -0.2) is 17.6 Å². The van der Waals surface area contributed by atoms with Crippen LogP contribution in [0.15, 0.2) is 18.2 Å². The lowest BCUT2D eigenvalue weighted by Gasteiger charge is -2.11. The third-order valence-corrected chi connectivity index (χ3v) is 2.07. The molecule has 0 aromatic heterocycles. The maximum Gasteiger partial charge on any atom is 0.275 e. The highest BCUT2D eigenvalue weighted by atomic mass is 16.6. The van der Waals surface area contributed by atoms with Gasteiger partial charge in [-0.25, -0.2) is 0 Å². The van der Waals surface area contributed by atoms with Crippen LogP contribution in [0.4, 0.5) is 11.4 Å². The number of hydrogen-bond donors (Lipinski definition) is 1. The van der Waals surface area contributed by atoms with Gasteiger partial charge >= 0.3 is 0 Å². The van der Waals surface area contributed by atoms with E-state index in [2.05, 4.69) is 11.2 Å². The average molecular weight is 248 g/mol. The van der Waals surface area contributed by atoms with Crippen molar-refractivity contribution in [2.75, 3.05) is 11.9 Å². The van der Waals surface area contributed by atoms with E-state index in [0.717, 1.165) is 0 Å². The molecule has 1 N–H and O–H groups in total. The smallest absolute Gasteiger partial charge is 0.275 e. The van der Waals surface area contributed by atoms with Gasteiger partial charge in [-0.15, -0.1) is 12.3 Å². The van der Waals surface area contributed by atoms with E-state index in [4.69, 9.17) is 11.2 Å². The van der Waals surface area contributed by atoms with Crippen LogP contribution in [0.25, 0.3) is 0 Å². The van der Waals surface area contributed by atoms with Gasteiger partial charge in [0.2, 0.25) is 0 Å². The van der Waals surface area contributed by atoms with Gasteiger partial charge in [0.1, 0.15) is 5.75 Å². The number of anilines is 1. The Labute approximate surface area is 106 Å². The van der Waals surface area contributed by atoms with E-state index in [0.29, 0.717) is 24.4 Å². The summed E-state index contributed by atoms with van der Waals surface area (Å²) in [5, 5.41) is 13.8. The Kier molecular flexibility index (Phi) is 5.00. The molecular weight excluding hydrogens is 232 g/mol. The van der Waals surface area contributed by atoms with Crippen LogP contribution in [0.2, 0.25) is 0 Å². The molecule has 1 aromatic rings. The second-order valence-corrected chi connectivity index (χ2v) is 4.02. The summed E-state index contributed by atoms with van der Waals surface area (Å²) in [6.45, 7) is 4.30. The lowest BCUT2D eigenvalue weighted by molar-refractivity contribution is -0.384. The quantitative estimate of drug-likeness (QED) is 0.364. The highest BCUT2D eigenvalue weighted by molar-refractivity contribution is 5.56. The van der Waals surface area contributed by atoms with Crippen molar-refractivity contribution in [1.29, 1.82) is 0 Å². The first-order valence-electron chi connectivity index (χ1n) is 5.66. The van der Waals surface area contributed by atoms with Crippen LogP contribution in [0.1, 0.15) is 20.3 Å². The van der Waals surface area contributed by atoms with Gasteiger partial charge in [0, 0.05) is 30.8 Å². The van der Waals surface area contributed by atoms with Crippen molar-refractivity contribution in [1.82, 2.24) is 0 Å². The number of nitrogens with one attached hydrogen (secondary N) is 1. The van der Waals surface area contributed by atoms with Crippen LogP contribution in [0.3, 0.4) is 0 Å². The normalized spacial score (nSPS) is 9.89. The van der Waals surface area contributed by atoms with Gasteiger partial charge in [0.05, 0.1) is 17.1 Å². The van der Waals surface area contributed by atoms with E-state index in [9.17, 15) is 10.1 Å². The Morgan fingerprint density at radius 3 is 2.78 bits per heavy atom. The maximum atomic E-state index is 10.8. The summed E-state index contributed by atoms with van der Waals surface area (Å²) >= 11 is 0. The van der Waals surface area contributed by atoms with Crippen molar-refractivity contribution < 1.29 is 9.66 Å². The number of nitro benzene ring substituents is 1. The molecule has 0 heterocycles. The molecule has 18 heavy (non-hydrogen) atoms. The molecule has 0 bridgehead atoms. The van der Waals surface area contributed by atoms with Crippen LogP contribution >= 0.6 is 0 Å². The molecule has 0 fully saturated rings. The third kappa shape index (κ3) is 4.34. The predicted octanol–water partition coefficient (Wildman–Crippen LogP) is 2.82. The standard InChI is InChI=1S/C13H16N2O3/c1-4-5-6-14-11-7-12(15(16)17)9-13(8-11)18-10(2)3/h1,7-10,14H,5-6H2,2-3H3. The number of terminal acetylenes is 1. The van der Waals surface area contributed by atoms with Crippen molar-refractivity contribution in [3.05, 3.63) is 28.3 Å². The Morgan fingerprint density at radius 2 is 2.22 bits per heavy atom. The molecule has 0 saturated carbocycles. The molecule has 5 nitrogen and oxygen atoms in total. The van der Waals surface area contributed by atoms with Crippen LogP contribution in [0, 0.1) is 22.5 Å². The highest BCUT2D eigenvalue weighted by Gasteiger charge is 2.11.